The van der Waals surface area contributed by atoms with Crippen molar-refractivity contribution in [1.29, 1.82) is 0 Å². The number of aromatic nitrogens is 2. The second kappa shape index (κ2) is 7.47. The van der Waals surface area contributed by atoms with Gasteiger partial charge in [-0.2, -0.15) is 0 Å². The minimum Gasteiger partial charge on any atom is -0.465 e. The Morgan fingerprint density at radius 1 is 1.13 bits per heavy atom. The number of hydrogen-bond donors (Lipinski definition) is 1. The summed E-state index contributed by atoms with van der Waals surface area (Å²) in [5.74, 6) is -2.84. The molecule has 0 saturated carbocycles. The van der Waals surface area contributed by atoms with Crippen molar-refractivity contribution in [3.8, 4) is 5.69 Å². The maximum absolute atomic E-state index is 14.4. The third-order valence-corrected chi connectivity index (χ3v) is 4.67. The van der Waals surface area contributed by atoms with Crippen molar-refractivity contribution in [2.24, 2.45) is 0 Å². The van der Waals surface area contributed by atoms with E-state index < -0.39 is 40.7 Å². The third kappa shape index (κ3) is 3.74. The minimum atomic E-state index is -1.28. The van der Waals surface area contributed by atoms with E-state index in [-0.39, 0.29) is 22.4 Å². The van der Waals surface area contributed by atoms with Crippen LogP contribution in [0.15, 0.2) is 41.2 Å². The zero-order valence-corrected chi connectivity index (χ0v) is 16.8. The molecule has 0 aliphatic carbocycles. The highest BCUT2D eigenvalue weighted by molar-refractivity contribution is 5.79. The van der Waals surface area contributed by atoms with E-state index in [1.807, 2.05) is 0 Å². The molecule has 3 rings (SSSR count). The first-order valence-electron chi connectivity index (χ1n) is 9.11. The van der Waals surface area contributed by atoms with Crippen molar-refractivity contribution in [2.75, 3.05) is 0 Å². The molecule has 0 unspecified atom stereocenters. The van der Waals surface area contributed by atoms with E-state index in [0.29, 0.717) is 6.07 Å². The second-order valence-corrected chi connectivity index (χ2v) is 7.87. The fourth-order valence-electron chi connectivity index (χ4n) is 3.55. The Kier molecular flexibility index (Phi) is 5.32. The van der Waals surface area contributed by atoms with E-state index in [2.05, 4.69) is 4.98 Å². The lowest BCUT2D eigenvalue weighted by Gasteiger charge is -2.38. The summed E-state index contributed by atoms with van der Waals surface area (Å²) in [6.07, 6.45) is -1.28. The van der Waals surface area contributed by atoms with Gasteiger partial charge in [0.1, 0.15) is 28.7 Å². The number of amides is 1. The molecule has 0 aliphatic heterocycles. The van der Waals surface area contributed by atoms with Gasteiger partial charge in [-0.25, -0.2) is 22.9 Å². The fraction of sp³-hybridized carbons (Fsp3) is 0.286. The first-order chi connectivity index (χ1) is 13.9. The molecule has 3 aromatic rings. The molecule has 1 N–H and O–H groups in total. The highest BCUT2D eigenvalue weighted by atomic mass is 19.1. The number of carboxylic acid groups (broad SMARTS) is 1. The Morgan fingerprint density at radius 2 is 1.73 bits per heavy atom. The van der Waals surface area contributed by atoms with Gasteiger partial charge in [0.25, 0.3) is 5.56 Å². The van der Waals surface area contributed by atoms with E-state index in [1.165, 1.54) is 19.1 Å². The Bertz CT molecular complexity index is 1180. The molecule has 1 amide bonds. The molecular formula is C21H20F3N3O3. The van der Waals surface area contributed by atoms with Gasteiger partial charge in [0.2, 0.25) is 0 Å². The summed E-state index contributed by atoms with van der Waals surface area (Å²) in [4.78, 5) is 30.5. The summed E-state index contributed by atoms with van der Waals surface area (Å²) in [6.45, 7) is 6.46. The van der Waals surface area contributed by atoms with Crippen LogP contribution in [0.1, 0.15) is 39.6 Å². The molecule has 2 aromatic carbocycles. The van der Waals surface area contributed by atoms with Crippen LogP contribution in [0.3, 0.4) is 0 Å². The maximum atomic E-state index is 14.4. The first kappa shape index (κ1) is 21.4. The van der Waals surface area contributed by atoms with E-state index in [1.54, 1.807) is 20.8 Å². The van der Waals surface area contributed by atoms with E-state index in [9.17, 15) is 27.9 Å². The Labute approximate surface area is 170 Å². The van der Waals surface area contributed by atoms with E-state index >= 15 is 0 Å². The van der Waals surface area contributed by atoms with E-state index in [0.717, 1.165) is 27.7 Å². The fourth-order valence-corrected chi connectivity index (χ4v) is 3.55. The largest absolute Gasteiger partial charge is 0.465 e. The SMILES string of the molecule is C[C@@H](c1nc2cccc(F)c2c(=O)n1-c1cc(F)cc(F)c1)N(C(=O)O)C(C)(C)C. The molecule has 1 heterocycles. The number of halogens is 3. The van der Waals surface area contributed by atoms with Crippen LogP contribution in [0.5, 0.6) is 0 Å². The van der Waals surface area contributed by atoms with Crippen LogP contribution < -0.4 is 5.56 Å². The van der Waals surface area contributed by atoms with Gasteiger partial charge < -0.3 is 5.11 Å². The molecule has 1 aromatic heterocycles. The van der Waals surface area contributed by atoms with Gasteiger partial charge in [0, 0.05) is 11.6 Å². The summed E-state index contributed by atoms with van der Waals surface area (Å²) in [6, 6.07) is 5.27. The van der Waals surface area contributed by atoms with Crippen molar-refractivity contribution in [3.05, 3.63) is 70.0 Å². The van der Waals surface area contributed by atoms with Crippen LogP contribution in [0, 0.1) is 17.5 Å². The van der Waals surface area contributed by atoms with Gasteiger partial charge >= 0.3 is 6.09 Å². The first-order valence-corrected chi connectivity index (χ1v) is 9.11. The van der Waals surface area contributed by atoms with Crippen LogP contribution in [0.4, 0.5) is 18.0 Å². The number of carbonyl (C=O) groups is 1. The average Bonchev–Trinajstić information content (AvgIpc) is 2.58. The van der Waals surface area contributed by atoms with Crippen molar-refractivity contribution in [2.45, 2.75) is 39.3 Å². The van der Waals surface area contributed by atoms with Gasteiger partial charge in [-0.1, -0.05) is 6.07 Å². The highest BCUT2D eigenvalue weighted by Gasteiger charge is 2.34. The van der Waals surface area contributed by atoms with E-state index in [4.69, 9.17) is 0 Å². The zero-order valence-electron chi connectivity index (χ0n) is 16.8. The third-order valence-electron chi connectivity index (χ3n) is 4.67. The number of benzene rings is 2. The lowest BCUT2D eigenvalue weighted by atomic mass is 10.0. The molecule has 0 saturated heterocycles. The Morgan fingerprint density at radius 3 is 2.27 bits per heavy atom. The topological polar surface area (TPSA) is 75.4 Å². The lowest BCUT2D eigenvalue weighted by molar-refractivity contribution is 0.0719. The standard InChI is InChI=1S/C21H20F3N3O3/c1-11(27(20(29)30)21(2,3)4)18-25-16-7-5-6-15(24)17(16)19(28)26(18)14-9-12(22)8-13(23)10-14/h5-11H,1-4H3,(H,29,30)/t11-/m0/s1. The normalized spacial score (nSPS) is 12.8. The maximum Gasteiger partial charge on any atom is 0.408 e. The van der Waals surface area contributed by atoms with Gasteiger partial charge in [-0.15, -0.1) is 0 Å². The van der Waals surface area contributed by atoms with Gasteiger partial charge in [0.05, 0.1) is 17.2 Å². The molecule has 1 atom stereocenters. The predicted octanol–water partition coefficient (Wildman–Crippen LogP) is 4.64. The van der Waals surface area contributed by atoms with Crippen LogP contribution in [0.25, 0.3) is 16.6 Å². The highest BCUT2D eigenvalue weighted by Crippen LogP contribution is 2.29. The molecular weight excluding hydrogens is 399 g/mol. The molecule has 0 fully saturated rings. The number of hydrogen-bond acceptors (Lipinski definition) is 3. The number of fused-ring (bicyclic) bond motifs is 1. The zero-order chi connectivity index (χ0) is 22.4. The molecule has 158 valence electrons. The van der Waals surface area contributed by atoms with Crippen LogP contribution >= 0.6 is 0 Å². The molecule has 30 heavy (non-hydrogen) atoms. The van der Waals surface area contributed by atoms with Crippen molar-refractivity contribution in [1.82, 2.24) is 14.5 Å². The quantitative estimate of drug-likeness (QED) is 0.671. The predicted molar refractivity (Wildman–Crippen MR) is 105 cm³/mol. The Hall–Kier alpha value is -3.36. The average molecular weight is 419 g/mol. The summed E-state index contributed by atoms with van der Waals surface area (Å²) in [7, 11) is 0. The van der Waals surface area contributed by atoms with Crippen molar-refractivity contribution < 1.29 is 23.1 Å². The van der Waals surface area contributed by atoms with Crippen LogP contribution in [0.2, 0.25) is 0 Å². The van der Waals surface area contributed by atoms with Gasteiger partial charge in [-0.3, -0.25) is 14.3 Å². The van der Waals surface area contributed by atoms with Gasteiger partial charge in [0.15, 0.2) is 0 Å². The smallest absolute Gasteiger partial charge is 0.408 e. The monoisotopic (exact) mass is 419 g/mol. The second-order valence-electron chi connectivity index (χ2n) is 7.87. The molecule has 0 radical (unpaired) electrons. The molecule has 0 spiro atoms. The van der Waals surface area contributed by atoms with Crippen LogP contribution in [-0.2, 0) is 0 Å². The Balaban J connectivity index is 2.43. The summed E-state index contributed by atoms with van der Waals surface area (Å²) < 4.78 is 43.0. The van der Waals surface area contributed by atoms with Gasteiger partial charge in [-0.05, 0) is 52.0 Å². The number of rotatable bonds is 3. The molecule has 0 aliphatic rings. The molecule has 9 heteroatoms. The molecule has 6 nitrogen and oxygen atoms in total. The molecule has 0 bridgehead atoms. The van der Waals surface area contributed by atoms with Crippen LogP contribution in [-0.4, -0.2) is 31.2 Å². The summed E-state index contributed by atoms with van der Waals surface area (Å²) >= 11 is 0. The van der Waals surface area contributed by atoms with Crippen molar-refractivity contribution in [3.63, 3.8) is 0 Å². The minimum absolute atomic E-state index is 0.00854. The summed E-state index contributed by atoms with van der Waals surface area (Å²) in [5.41, 5.74) is -2.01. The summed E-state index contributed by atoms with van der Waals surface area (Å²) in [5, 5.41) is 9.38. The number of nitrogens with zero attached hydrogens (tertiary/aromatic N) is 3. The lowest BCUT2D eigenvalue weighted by Crippen LogP contribution is -2.47. The van der Waals surface area contributed by atoms with Crippen molar-refractivity contribution >= 4 is 17.0 Å².